The van der Waals surface area contributed by atoms with Gasteiger partial charge in [0.15, 0.2) is 5.41 Å². The van der Waals surface area contributed by atoms with Crippen LogP contribution < -0.4 is 16.4 Å². The minimum absolute atomic E-state index is 0.290. The van der Waals surface area contributed by atoms with Crippen molar-refractivity contribution in [3.05, 3.63) is 53.6 Å². The van der Waals surface area contributed by atoms with Crippen LogP contribution in [0.1, 0.15) is 11.1 Å². The number of carbonyl (C=O) groups is 2. The van der Waals surface area contributed by atoms with Gasteiger partial charge in [-0.2, -0.15) is 0 Å². The molecule has 5 heteroatoms. The number of carbonyl (C=O) groups excluding carboxylic acids is 2. The maximum absolute atomic E-state index is 12.6. The van der Waals surface area contributed by atoms with Gasteiger partial charge in [0.1, 0.15) is 0 Å². The highest BCUT2D eigenvalue weighted by molar-refractivity contribution is 6.25. The maximum atomic E-state index is 12.6. The molecule has 1 unspecified atom stereocenters. The third kappa shape index (κ3) is 1.45. The van der Waals surface area contributed by atoms with Gasteiger partial charge in [0, 0.05) is 29.0 Å². The predicted octanol–water partition coefficient (Wildman–Crippen LogP) is 1.65. The Bertz CT molecular complexity index is 800. The van der Waals surface area contributed by atoms with Crippen LogP contribution in [-0.4, -0.2) is 11.8 Å². The van der Waals surface area contributed by atoms with Crippen LogP contribution in [-0.2, 0) is 21.4 Å². The van der Waals surface area contributed by atoms with E-state index >= 15 is 0 Å². The molecular formula is C16H13N3O2. The first-order chi connectivity index (χ1) is 10.1. The summed E-state index contributed by atoms with van der Waals surface area (Å²) in [5.41, 5.74) is 8.15. The van der Waals surface area contributed by atoms with Gasteiger partial charge in [0.25, 0.3) is 0 Å². The molecule has 1 spiro atoms. The van der Waals surface area contributed by atoms with Gasteiger partial charge in [-0.05, 0) is 23.8 Å². The lowest BCUT2D eigenvalue weighted by Gasteiger charge is -2.32. The monoisotopic (exact) mass is 279 g/mol. The Labute approximate surface area is 121 Å². The van der Waals surface area contributed by atoms with Crippen molar-refractivity contribution in [2.24, 2.45) is 0 Å². The van der Waals surface area contributed by atoms with Crippen molar-refractivity contribution in [2.75, 3.05) is 16.4 Å². The normalized spacial score (nSPS) is 22.5. The Morgan fingerprint density at radius 1 is 0.952 bits per heavy atom. The summed E-state index contributed by atoms with van der Waals surface area (Å²) in [6, 6.07) is 12.7. The van der Waals surface area contributed by atoms with Gasteiger partial charge in [-0.25, -0.2) is 0 Å². The van der Waals surface area contributed by atoms with Gasteiger partial charge in [-0.1, -0.05) is 24.3 Å². The van der Waals surface area contributed by atoms with E-state index in [-0.39, 0.29) is 11.8 Å². The average Bonchev–Trinajstić information content (AvgIpc) is 2.72. The van der Waals surface area contributed by atoms with Gasteiger partial charge < -0.3 is 16.4 Å². The summed E-state index contributed by atoms with van der Waals surface area (Å²) in [5.74, 6) is -0.586. The van der Waals surface area contributed by atoms with Gasteiger partial charge in [0.05, 0.1) is 0 Å². The van der Waals surface area contributed by atoms with Crippen molar-refractivity contribution < 1.29 is 9.59 Å². The smallest absolute Gasteiger partial charge is 0.245 e. The van der Waals surface area contributed by atoms with E-state index in [1.165, 1.54) is 0 Å². The number of nitrogens with two attached hydrogens (primary N) is 1. The highest BCUT2D eigenvalue weighted by Gasteiger charge is 2.55. The molecule has 2 aliphatic heterocycles. The molecule has 2 heterocycles. The number of hydrogen-bond donors (Lipinski definition) is 3. The fourth-order valence-electron chi connectivity index (χ4n) is 3.18. The number of anilines is 3. The molecule has 2 aromatic rings. The van der Waals surface area contributed by atoms with Crippen molar-refractivity contribution in [1.82, 2.24) is 0 Å². The van der Waals surface area contributed by atoms with Crippen LogP contribution in [0, 0.1) is 0 Å². The molecule has 4 rings (SSSR count). The second-order valence-corrected chi connectivity index (χ2v) is 5.45. The summed E-state index contributed by atoms with van der Waals surface area (Å²) in [5, 5.41) is 5.63. The summed E-state index contributed by atoms with van der Waals surface area (Å²) >= 11 is 0. The topological polar surface area (TPSA) is 84.2 Å². The maximum Gasteiger partial charge on any atom is 0.245 e. The van der Waals surface area contributed by atoms with Crippen molar-refractivity contribution in [2.45, 2.75) is 11.8 Å². The van der Waals surface area contributed by atoms with Crippen molar-refractivity contribution >= 4 is 28.9 Å². The Morgan fingerprint density at radius 2 is 1.67 bits per heavy atom. The first kappa shape index (κ1) is 12.0. The Balaban J connectivity index is 1.93. The van der Waals surface area contributed by atoms with Crippen molar-refractivity contribution in [3.8, 4) is 0 Å². The number of hydrogen-bond acceptors (Lipinski definition) is 3. The first-order valence-electron chi connectivity index (χ1n) is 6.72. The predicted molar refractivity (Wildman–Crippen MR) is 79.9 cm³/mol. The molecule has 2 aliphatic rings. The SMILES string of the molecule is Nc1ccc2c(c1)NC(=O)C21Cc2ccccc2NC1=O. The highest BCUT2D eigenvalue weighted by Crippen LogP contribution is 2.45. The van der Waals surface area contributed by atoms with E-state index in [9.17, 15) is 9.59 Å². The lowest BCUT2D eigenvalue weighted by atomic mass is 9.73. The van der Waals surface area contributed by atoms with Crippen LogP contribution in [0.15, 0.2) is 42.5 Å². The zero-order chi connectivity index (χ0) is 14.6. The van der Waals surface area contributed by atoms with Crippen LogP contribution in [0.3, 0.4) is 0 Å². The first-order valence-corrected chi connectivity index (χ1v) is 6.72. The molecule has 2 amide bonds. The molecule has 0 bridgehead atoms. The number of nitrogen functional groups attached to an aromatic ring is 1. The second-order valence-electron chi connectivity index (χ2n) is 5.45. The highest BCUT2D eigenvalue weighted by atomic mass is 16.2. The molecule has 2 aromatic carbocycles. The number of rotatable bonds is 0. The summed E-state index contributed by atoms with van der Waals surface area (Å²) in [4.78, 5) is 25.2. The van der Waals surface area contributed by atoms with Crippen LogP contribution >= 0.6 is 0 Å². The molecule has 0 radical (unpaired) electrons. The molecule has 0 saturated carbocycles. The third-order valence-corrected chi connectivity index (χ3v) is 4.25. The van der Waals surface area contributed by atoms with Crippen LogP contribution in [0.25, 0.3) is 0 Å². The largest absolute Gasteiger partial charge is 0.399 e. The summed E-state index contributed by atoms with van der Waals surface area (Å²) in [6.45, 7) is 0. The number of para-hydroxylation sites is 1. The zero-order valence-corrected chi connectivity index (χ0v) is 11.1. The third-order valence-electron chi connectivity index (χ3n) is 4.25. The van der Waals surface area contributed by atoms with Crippen molar-refractivity contribution in [3.63, 3.8) is 0 Å². The fourth-order valence-corrected chi connectivity index (χ4v) is 3.18. The van der Waals surface area contributed by atoms with E-state index < -0.39 is 5.41 Å². The molecule has 0 fully saturated rings. The molecule has 0 aromatic heterocycles. The van der Waals surface area contributed by atoms with Gasteiger partial charge in [0.2, 0.25) is 11.8 Å². The lowest BCUT2D eigenvalue weighted by molar-refractivity contribution is -0.131. The summed E-state index contributed by atoms with van der Waals surface area (Å²) in [7, 11) is 0. The van der Waals surface area contributed by atoms with E-state index in [2.05, 4.69) is 10.6 Å². The van der Waals surface area contributed by atoms with Crippen molar-refractivity contribution in [1.29, 1.82) is 0 Å². The number of amides is 2. The van der Waals surface area contributed by atoms with E-state index in [1.807, 2.05) is 24.3 Å². The van der Waals surface area contributed by atoms with Crippen LogP contribution in [0.4, 0.5) is 17.1 Å². The molecule has 0 aliphatic carbocycles. The summed E-state index contributed by atoms with van der Waals surface area (Å²) in [6.07, 6.45) is 0.359. The molecular weight excluding hydrogens is 266 g/mol. The Morgan fingerprint density at radius 3 is 2.48 bits per heavy atom. The fraction of sp³-hybridized carbons (Fsp3) is 0.125. The number of fused-ring (bicyclic) bond motifs is 3. The minimum atomic E-state index is -1.20. The van der Waals surface area contributed by atoms with Gasteiger partial charge in [-0.3, -0.25) is 9.59 Å². The molecule has 1 atom stereocenters. The van der Waals surface area contributed by atoms with Gasteiger partial charge >= 0.3 is 0 Å². The molecule has 4 N–H and O–H groups in total. The van der Waals surface area contributed by atoms with E-state index in [0.29, 0.717) is 23.4 Å². The minimum Gasteiger partial charge on any atom is -0.399 e. The number of nitrogens with one attached hydrogen (secondary N) is 2. The summed E-state index contributed by atoms with van der Waals surface area (Å²) < 4.78 is 0. The van der Waals surface area contributed by atoms with Crippen LogP contribution in [0.5, 0.6) is 0 Å². The molecule has 0 saturated heterocycles. The van der Waals surface area contributed by atoms with E-state index in [0.717, 1.165) is 11.3 Å². The molecule has 104 valence electrons. The standard InChI is InChI=1S/C16H13N3O2/c17-10-5-6-11-13(7-10)19-15(21)16(11)8-9-3-1-2-4-12(9)18-14(16)20/h1-7H,8,17H2,(H,18,20)(H,19,21). The van der Waals surface area contributed by atoms with Crippen LogP contribution in [0.2, 0.25) is 0 Å². The molecule has 5 nitrogen and oxygen atoms in total. The quantitative estimate of drug-likeness (QED) is 0.506. The van der Waals surface area contributed by atoms with E-state index in [1.54, 1.807) is 18.2 Å². The lowest BCUT2D eigenvalue weighted by Crippen LogP contribution is -2.50. The Kier molecular flexibility index (Phi) is 2.19. The second kappa shape index (κ2) is 3.85. The molecule has 21 heavy (non-hydrogen) atoms. The Hall–Kier alpha value is -2.82. The van der Waals surface area contributed by atoms with E-state index in [4.69, 9.17) is 5.73 Å². The zero-order valence-electron chi connectivity index (χ0n) is 11.1. The van der Waals surface area contributed by atoms with Gasteiger partial charge in [-0.15, -0.1) is 0 Å². The number of benzene rings is 2. The average molecular weight is 279 g/mol.